The minimum Gasteiger partial charge on any atom is -0.307 e. The van der Waals surface area contributed by atoms with E-state index < -0.39 is 0 Å². The van der Waals surface area contributed by atoms with Gasteiger partial charge in [-0.3, -0.25) is 4.90 Å². The van der Waals surface area contributed by atoms with Crippen molar-refractivity contribution in [2.24, 2.45) is 5.92 Å². The number of halogens is 2. The zero-order chi connectivity index (χ0) is 20.5. The van der Waals surface area contributed by atoms with Crippen molar-refractivity contribution in [1.29, 1.82) is 0 Å². The van der Waals surface area contributed by atoms with E-state index in [9.17, 15) is 0 Å². The molecule has 2 bridgehead atoms. The third kappa shape index (κ3) is 3.94. The molecule has 2 nitrogen and oxygen atoms in total. The van der Waals surface area contributed by atoms with Crippen molar-refractivity contribution in [3.05, 3.63) is 92.1 Å². The van der Waals surface area contributed by atoms with Crippen molar-refractivity contribution in [2.45, 2.75) is 37.4 Å². The molecule has 0 spiro atoms. The third-order valence-electron chi connectivity index (χ3n) is 6.78. The van der Waals surface area contributed by atoms with Crippen LogP contribution in [0.3, 0.4) is 0 Å². The Hall–Kier alpha value is -1.36. The summed E-state index contributed by atoms with van der Waals surface area (Å²) >= 11 is 15.1. The Balaban J connectivity index is 1.56. The first-order chi connectivity index (χ1) is 14.7. The highest BCUT2D eigenvalue weighted by atomic mass is 35.5. The first-order valence-corrected chi connectivity index (χ1v) is 12.3. The second kappa shape index (κ2) is 9.02. The Morgan fingerprint density at radius 3 is 2.50 bits per heavy atom. The zero-order valence-corrected chi connectivity index (χ0v) is 19.1. The Kier molecular flexibility index (Phi) is 6.17. The molecule has 3 saturated heterocycles. The number of piperidine rings is 3. The summed E-state index contributed by atoms with van der Waals surface area (Å²) in [5.74, 6) is 0.880. The van der Waals surface area contributed by atoms with Gasteiger partial charge >= 0.3 is 0 Å². The monoisotopic (exact) mass is 456 g/mol. The smallest absolute Gasteiger partial charge is 0.0631 e. The highest BCUT2D eigenvalue weighted by Crippen LogP contribution is 2.44. The fourth-order valence-corrected chi connectivity index (χ4v) is 6.48. The Morgan fingerprint density at radius 1 is 0.967 bits per heavy atom. The van der Waals surface area contributed by atoms with Crippen LogP contribution < -0.4 is 5.32 Å². The SMILES string of the molecule is Clc1cccc(C(c2ccccc2)C2C(NCc3cccs3)C3CCN2CC3)c1Cl. The lowest BCUT2D eigenvalue weighted by molar-refractivity contribution is 0.00479. The molecular formula is C25H26Cl2N2S. The molecule has 156 valence electrons. The average molecular weight is 457 g/mol. The van der Waals surface area contributed by atoms with E-state index >= 15 is 0 Å². The summed E-state index contributed by atoms with van der Waals surface area (Å²) in [6, 6.07) is 22.0. The molecule has 6 rings (SSSR count). The van der Waals surface area contributed by atoms with Crippen LogP contribution in [0.5, 0.6) is 0 Å². The minimum absolute atomic E-state index is 0.182. The Labute approximate surface area is 192 Å². The van der Waals surface area contributed by atoms with Crippen molar-refractivity contribution in [1.82, 2.24) is 10.2 Å². The quantitative estimate of drug-likeness (QED) is 0.458. The van der Waals surface area contributed by atoms with Gasteiger partial charge in [-0.15, -0.1) is 11.3 Å². The molecule has 5 heteroatoms. The first-order valence-electron chi connectivity index (χ1n) is 10.7. The molecule has 3 fully saturated rings. The molecule has 0 amide bonds. The highest BCUT2D eigenvalue weighted by molar-refractivity contribution is 7.09. The second-order valence-electron chi connectivity index (χ2n) is 8.38. The van der Waals surface area contributed by atoms with Crippen LogP contribution in [0, 0.1) is 5.92 Å². The molecule has 30 heavy (non-hydrogen) atoms. The molecule has 3 aliphatic rings. The number of benzene rings is 2. The van der Waals surface area contributed by atoms with Crippen LogP contribution in [0.4, 0.5) is 0 Å². The maximum absolute atomic E-state index is 6.80. The van der Waals surface area contributed by atoms with Gasteiger partial charge in [0, 0.05) is 29.4 Å². The molecule has 1 aromatic heterocycles. The molecule has 0 saturated carbocycles. The number of nitrogens with one attached hydrogen (secondary N) is 1. The summed E-state index contributed by atoms with van der Waals surface area (Å²) in [5.41, 5.74) is 2.44. The van der Waals surface area contributed by atoms with E-state index in [0.29, 0.717) is 28.0 Å². The summed E-state index contributed by atoms with van der Waals surface area (Å²) in [6.07, 6.45) is 2.53. The lowest BCUT2D eigenvalue weighted by atomic mass is 9.70. The molecule has 1 N–H and O–H groups in total. The average Bonchev–Trinajstić information content (AvgIpc) is 3.31. The van der Waals surface area contributed by atoms with Gasteiger partial charge in [0.05, 0.1) is 10.0 Å². The van der Waals surface area contributed by atoms with E-state index in [-0.39, 0.29) is 5.92 Å². The zero-order valence-electron chi connectivity index (χ0n) is 16.8. The first kappa shape index (κ1) is 20.5. The van der Waals surface area contributed by atoms with Gasteiger partial charge in [-0.2, -0.15) is 0 Å². The lowest BCUT2D eigenvalue weighted by Gasteiger charge is -2.54. The van der Waals surface area contributed by atoms with Gasteiger partial charge in [-0.25, -0.2) is 0 Å². The van der Waals surface area contributed by atoms with Gasteiger partial charge in [0.15, 0.2) is 0 Å². The summed E-state index contributed by atoms with van der Waals surface area (Å²) < 4.78 is 0. The van der Waals surface area contributed by atoms with Gasteiger partial charge < -0.3 is 5.32 Å². The molecule has 3 unspecified atom stereocenters. The fourth-order valence-electron chi connectivity index (χ4n) is 5.40. The number of hydrogen-bond donors (Lipinski definition) is 1. The molecule has 0 aliphatic carbocycles. The second-order valence-corrected chi connectivity index (χ2v) is 10.2. The summed E-state index contributed by atoms with van der Waals surface area (Å²) in [7, 11) is 0. The number of rotatable bonds is 6. The number of hydrogen-bond acceptors (Lipinski definition) is 3. The van der Waals surface area contributed by atoms with Gasteiger partial charge in [-0.1, -0.05) is 71.7 Å². The molecule has 3 aromatic rings. The van der Waals surface area contributed by atoms with Crippen molar-refractivity contribution < 1.29 is 0 Å². The summed E-state index contributed by atoms with van der Waals surface area (Å²) in [5, 5.41) is 7.43. The van der Waals surface area contributed by atoms with Crippen LogP contribution in [-0.4, -0.2) is 30.1 Å². The van der Waals surface area contributed by atoms with E-state index in [1.807, 2.05) is 23.5 Å². The van der Waals surface area contributed by atoms with Gasteiger partial charge in [0.25, 0.3) is 0 Å². The Morgan fingerprint density at radius 2 is 1.77 bits per heavy atom. The van der Waals surface area contributed by atoms with Crippen molar-refractivity contribution in [3.8, 4) is 0 Å². The standard InChI is InChI=1S/C25H26Cl2N2S/c26-21-10-4-9-20(23(21)27)22(17-6-2-1-3-7-17)25-24(18-11-13-29(25)14-12-18)28-16-19-8-5-15-30-19/h1-10,15,18,22,24-25,28H,11-14,16H2. The van der Waals surface area contributed by atoms with Gasteiger partial charge in [0.2, 0.25) is 0 Å². The predicted octanol–water partition coefficient (Wildman–Crippen LogP) is 6.44. The highest BCUT2D eigenvalue weighted by Gasteiger charge is 2.46. The lowest BCUT2D eigenvalue weighted by Crippen LogP contribution is -2.64. The van der Waals surface area contributed by atoms with E-state index in [4.69, 9.17) is 23.2 Å². The number of thiophene rings is 1. The van der Waals surface area contributed by atoms with E-state index in [1.54, 1.807) is 0 Å². The van der Waals surface area contributed by atoms with Crippen LogP contribution in [0.25, 0.3) is 0 Å². The molecule has 0 radical (unpaired) electrons. The Bertz CT molecular complexity index is 968. The minimum atomic E-state index is 0.182. The van der Waals surface area contributed by atoms with Crippen molar-refractivity contribution >= 4 is 34.5 Å². The van der Waals surface area contributed by atoms with E-state index in [0.717, 1.165) is 25.2 Å². The number of fused-ring (bicyclic) bond motifs is 3. The topological polar surface area (TPSA) is 15.3 Å². The van der Waals surface area contributed by atoms with Crippen LogP contribution in [0.1, 0.15) is 34.8 Å². The van der Waals surface area contributed by atoms with Crippen LogP contribution in [0.2, 0.25) is 10.0 Å². The molecular weight excluding hydrogens is 431 g/mol. The molecule has 3 atom stereocenters. The van der Waals surface area contributed by atoms with Gasteiger partial charge in [-0.05, 0) is 60.5 Å². The van der Waals surface area contributed by atoms with Crippen LogP contribution in [0.15, 0.2) is 66.0 Å². The van der Waals surface area contributed by atoms with E-state index in [1.165, 1.54) is 23.3 Å². The summed E-state index contributed by atoms with van der Waals surface area (Å²) in [4.78, 5) is 4.07. The van der Waals surface area contributed by atoms with Crippen molar-refractivity contribution in [2.75, 3.05) is 13.1 Å². The maximum Gasteiger partial charge on any atom is 0.0631 e. The normalized spacial score (nSPS) is 26.6. The van der Waals surface area contributed by atoms with Crippen LogP contribution >= 0.6 is 34.5 Å². The predicted molar refractivity (Wildman–Crippen MR) is 128 cm³/mol. The van der Waals surface area contributed by atoms with Crippen molar-refractivity contribution in [3.63, 3.8) is 0 Å². The largest absolute Gasteiger partial charge is 0.307 e. The van der Waals surface area contributed by atoms with Crippen LogP contribution in [-0.2, 0) is 6.54 Å². The van der Waals surface area contributed by atoms with E-state index in [2.05, 4.69) is 64.1 Å². The van der Waals surface area contributed by atoms with Gasteiger partial charge in [0.1, 0.15) is 0 Å². The maximum atomic E-state index is 6.80. The molecule has 3 aliphatic heterocycles. The fraction of sp³-hybridized carbons (Fsp3) is 0.360. The number of nitrogens with zero attached hydrogens (tertiary/aromatic N) is 1. The molecule has 4 heterocycles. The third-order valence-corrected chi connectivity index (χ3v) is 8.49. The molecule has 2 aromatic carbocycles. The summed E-state index contributed by atoms with van der Waals surface area (Å²) in [6.45, 7) is 3.25.